The van der Waals surface area contributed by atoms with E-state index in [0.29, 0.717) is 11.8 Å². The van der Waals surface area contributed by atoms with Crippen molar-refractivity contribution in [2.24, 2.45) is 0 Å². The maximum Gasteiger partial charge on any atom is 0.248 e. The van der Waals surface area contributed by atoms with Gasteiger partial charge >= 0.3 is 0 Å². The summed E-state index contributed by atoms with van der Waals surface area (Å²) in [5.41, 5.74) is 10.7. The number of benzene rings is 7. The summed E-state index contributed by atoms with van der Waals surface area (Å²) in [5.74, 6) is 0.987. The third kappa shape index (κ3) is 5.24. The van der Waals surface area contributed by atoms with Gasteiger partial charge in [0.1, 0.15) is 0 Å². The second kappa shape index (κ2) is 12.1. The van der Waals surface area contributed by atoms with E-state index in [9.17, 15) is 0 Å². The largest absolute Gasteiger partial charge is 0.416 e. The Morgan fingerprint density at radius 2 is 0.878 bits per heavy atom. The molecule has 0 saturated heterocycles. The molecule has 0 amide bonds. The molecule has 0 atom stereocenters. The lowest BCUT2D eigenvalue weighted by Gasteiger charge is -2.26. The number of hydrogen-bond acceptors (Lipinski definition) is 4. The van der Waals surface area contributed by atoms with Gasteiger partial charge in [-0.1, -0.05) is 97.1 Å². The number of anilines is 3. The van der Waals surface area contributed by atoms with Gasteiger partial charge in [0, 0.05) is 44.6 Å². The maximum absolute atomic E-state index is 6.06. The highest BCUT2D eigenvalue weighted by Crippen LogP contribution is 2.39. The minimum Gasteiger partial charge on any atom is -0.416 e. The zero-order valence-electron chi connectivity index (χ0n) is 26.5. The fraction of sp³-hybridized carbons (Fsp3) is 0. The van der Waals surface area contributed by atoms with Gasteiger partial charge in [-0.05, 0) is 96.1 Å². The molecule has 0 aliphatic rings. The highest BCUT2D eigenvalue weighted by molar-refractivity contribution is 6.09. The fourth-order valence-corrected chi connectivity index (χ4v) is 6.64. The van der Waals surface area contributed by atoms with Gasteiger partial charge in [0.25, 0.3) is 0 Å². The van der Waals surface area contributed by atoms with Crippen molar-refractivity contribution in [2.75, 3.05) is 4.90 Å². The Hall–Kier alpha value is -6.72. The van der Waals surface area contributed by atoms with E-state index < -0.39 is 0 Å². The number of fused-ring (bicyclic) bond motifs is 3. The summed E-state index contributed by atoms with van der Waals surface area (Å²) < 4.78 is 8.41. The van der Waals surface area contributed by atoms with Crippen LogP contribution in [0, 0.1) is 0 Å². The van der Waals surface area contributed by atoms with E-state index in [-0.39, 0.29) is 0 Å². The Bertz CT molecular complexity index is 2480. The van der Waals surface area contributed by atoms with Crippen molar-refractivity contribution in [1.29, 1.82) is 0 Å². The quantitative estimate of drug-likeness (QED) is 0.176. The monoisotopic (exact) mass is 630 g/mol. The molecular weight excluding hydrogens is 601 g/mol. The Morgan fingerprint density at radius 3 is 1.49 bits per heavy atom. The van der Waals surface area contributed by atoms with Crippen molar-refractivity contribution in [3.05, 3.63) is 182 Å². The van der Waals surface area contributed by atoms with Crippen LogP contribution < -0.4 is 4.90 Å². The standard InChI is InChI=1S/C44H30N4O/c1-3-12-31(13-4-1)34-16-11-17-38(30-34)47(35-24-22-33(23-25-35)44-46-45-43(49-44)32-14-5-2-6-15-32)36-26-28-37(29-27-36)48-41-20-9-7-18-39(41)40-19-8-10-21-42(40)48/h1-30H. The van der Waals surface area contributed by atoms with E-state index in [4.69, 9.17) is 4.42 Å². The minimum absolute atomic E-state index is 0.485. The minimum atomic E-state index is 0.485. The van der Waals surface area contributed by atoms with Gasteiger partial charge < -0.3 is 13.9 Å². The van der Waals surface area contributed by atoms with Gasteiger partial charge in [0.05, 0.1) is 11.0 Å². The molecule has 0 radical (unpaired) electrons. The van der Waals surface area contributed by atoms with Crippen molar-refractivity contribution in [2.45, 2.75) is 0 Å². The summed E-state index contributed by atoms with van der Waals surface area (Å²) in [6.45, 7) is 0. The molecule has 0 bridgehead atoms. The first-order chi connectivity index (χ1) is 24.3. The molecule has 0 saturated carbocycles. The highest BCUT2D eigenvalue weighted by Gasteiger charge is 2.17. The van der Waals surface area contributed by atoms with Crippen LogP contribution in [-0.4, -0.2) is 14.8 Å². The van der Waals surface area contributed by atoms with Crippen LogP contribution in [0.4, 0.5) is 17.1 Å². The van der Waals surface area contributed by atoms with Crippen molar-refractivity contribution < 1.29 is 4.42 Å². The van der Waals surface area contributed by atoms with Crippen LogP contribution in [0.25, 0.3) is 61.5 Å². The lowest BCUT2D eigenvalue weighted by atomic mass is 10.0. The second-order valence-corrected chi connectivity index (χ2v) is 12.0. The Balaban J connectivity index is 1.12. The van der Waals surface area contributed by atoms with Crippen LogP contribution in [0.5, 0.6) is 0 Å². The summed E-state index contributed by atoms with van der Waals surface area (Å²) in [7, 11) is 0. The average molecular weight is 631 g/mol. The first-order valence-electron chi connectivity index (χ1n) is 16.3. The number of rotatable bonds is 7. The van der Waals surface area contributed by atoms with E-state index in [1.807, 2.05) is 48.5 Å². The van der Waals surface area contributed by atoms with E-state index in [1.54, 1.807) is 0 Å². The smallest absolute Gasteiger partial charge is 0.248 e. The van der Waals surface area contributed by atoms with Crippen LogP contribution in [0.1, 0.15) is 0 Å². The van der Waals surface area contributed by atoms with Crippen LogP contribution >= 0.6 is 0 Å². The summed E-state index contributed by atoms with van der Waals surface area (Å²) in [5, 5.41) is 11.1. The molecule has 9 rings (SSSR count). The lowest BCUT2D eigenvalue weighted by Crippen LogP contribution is -2.10. The van der Waals surface area contributed by atoms with Crippen LogP contribution in [-0.2, 0) is 0 Å². The molecule has 5 heteroatoms. The highest BCUT2D eigenvalue weighted by atomic mass is 16.4. The van der Waals surface area contributed by atoms with Crippen molar-refractivity contribution in [3.8, 4) is 39.7 Å². The summed E-state index contributed by atoms with van der Waals surface area (Å²) >= 11 is 0. The third-order valence-corrected chi connectivity index (χ3v) is 8.98. The van der Waals surface area contributed by atoms with E-state index >= 15 is 0 Å². The van der Waals surface area contributed by atoms with Crippen molar-refractivity contribution >= 4 is 38.9 Å². The molecule has 232 valence electrons. The fourth-order valence-electron chi connectivity index (χ4n) is 6.64. The molecule has 5 nitrogen and oxygen atoms in total. The van der Waals surface area contributed by atoms with Gasteiger partial charge in [-0.2, -0.15) is 0 Å². The molecule has 0 fully saturated rings. The molecule has 9 aromatic rings. The zero-order valence-corrected chi connectivity index (χ0v) is 26.5. The van der Waals surface area contributed by atoms with Gasteiger partial charge in [0.2, 0.25) is 11.8 Å². The molecule has 49 heavy (non-hydrogen) atoms. The third-order valence-electron chi connectivity index (χ3n) is 8.98. The van der Waals surface area contributed by atoms with Gasteiger partial charge in [-0.15, -0.1) is 10.2 Å². The molecule has 0 aliphatic carbocycles. The van der Waals surface area contributed by atoms with Crippen LogP contribution in [0.15, 0.2) is 186 Å². The SMILES string of the molecule is c1ccc(-c2cccc(N(c3ccc(-c4nnc(-c5ccccc5)o4)cc3)c3ccc(-n4c5ccccc5c5ccccc54)cc3)c2)cc1. The molecule has 7 aromatic carbocycles. The topological polar surface area (TPSA) is 47.1 Å². The van der Waals surface area contributed by atoms with Crippen LogP contribution in [0.2, 0.25) is 0 Å². The summed E-state index contributed by atoms with van der Waals surface area (Å²) in [4.78, 5) is 2.29. The molecule has 0 spiro atoms. The number of aromatic nitrogens is 3. The zero-order chi connectivity index (χ0) is 32.6. The van der Waals surface area contributed by atoms with E-state index in [1.165, 1.54) is 27.4 Å². The molecule has 0 aliphatic heterocycles. The summed E-state index contributed by atoms with van der Waals surface area (Å²) in [6, 6.07) is 63.3. The molecule has 2 aromatic heterocycles. The first kappa shape index (κ1) is 28.5. The predicted octanol–water partition coefficient (Wildman–Crippen LogP) is 11.6. The molecule has 0 unspecified atom stereocenters. The van der Waals surface area contributed by atoms with Crippen molar-refractivity contribution in [3.63, 3.8) is 0 Å². The number of para-hydroxylation sites is 2. The number of nitrogens with zero attached hydrogens (tertiary/aromatic N) is 4. The van der Waals surface area contributed by atoms with Gasteiger partial charge in [-0.25, -0.2) is 0 Å². The van der Waals surface area contributed by atoms with Gasteiger partial charge in [-0.3, -0.25) is 0 Å². The maximum atomic E-state index is 6.06. The lowest BCUT2D eigenvalue weighted by molar-refractivity contribution is 0.584. The second-order valence-electron chi connectivity index (χ2n) is 12.0. The molecule has 0 N–H and O–H groups in total. The molecule has 2 heterocycles. The number of hydrogen-bond donors (Lipinski definition) is 0. The van der Waals surface area contributed by atoms with Gasteiger partial charge in [0.15, 0.2) is 0 Å². The Kier molecular flexibility index (Phi) is 7.06. The van der Waals surface area contributed by atoms with E-state index in [0.717, 1.165) is 39.4 Å². The van der Waals surface area contributed by atoms with E-state index in [2.05, 4.69) is 153 Å². The summed E-state index contributed by atoms with van der Waals surface area (Å²) in [6.07, 6.45) is 0. The van der Waals surface area contributed by atoms with Crippen LogP contribution in [0.3, 0.4) is 0 Å². The predicted molar refractivity (Wildman–Crippen MR) is 200 cm³/mol. The normalized spacial score (nSPS) is 11.3. The first-order valence-corrected chi connectivity index (χ1v) is 16.3. The Labute approximate surface area is 284 Å². The average Bonchev–Trinajstić information content (AvgIpc) is 3.81. The molecular formula is C44H30N4O. The van der Waals surface area contributed by atoms with Crippen molar-refractivity contribution in [1.82, 2.24) is 14.8 Å². The Morgan fingerprint density at radius 1 is 0.388 bits per heavy atom.